The van der Waals surface area contributed by atoms with Crippen LogP contribution in [-0.4, -0.2) is 28.5 Å². The Kier molecular flexibility index (Phi) is 6.15. The molecule has 3 rings (SSSR count). The van der Waals surface area contributed by atoms with Crippen molar-refractivity contribution >= 4 is 29.0 Å². The number of aryl methyl sites for hydroxylation is 1. The van der Waals surface area contributed by atoms with Crippen molar-refractivity contribution in [3.8, 4) is 0 Å². The average molecular weight is 390 g/mol. The number of nitrogens with two attached hydrogens (primary N) is 1. The van der Waals surface area contributed by atoms with E-state index >= 15 is 0 Å². The van der Waals surface area contributed by atoms with Crippen molar-refractivity contribution in [2.45, 2.75) is 52.0 Å². The second kappa shape index (κ2) is 8.56. The topological polar surface area (TPSA) is 113 Å². The molecule has 8 heteroatoms. The molecule has 7 nitrogen and oxygen atoms in total. The number of carbonyl (C=O) groups excluding carboxylic acids is 1. The van der Waals surface area contributed by atoms with Crippen molar-refractivity contribution in [1.82, 2.24) is 15.3 Å². The van der Waals surface area contributed by atoms with E-state index in [1.165, 1.54) is 4.88 Å². The Morgan fingerprint density at radius 1 is 1.48 bits per heavy atom. The van der Waals surface area contributed by atoms with Crippen LogP contribution in [0.2, 0.25) is 0 Å². The first-order chi connectivity index (χ1) is 13.0. The number of aromatic amines is 1. The summed E-state index contributed by atoms with van der Waals surface area (Å²) in [6, 6.07) is 4.13. The van der Waals surface area contributed by atoms with Crippen molar-refractivity contribution in [2.75, 3.05) is 17.6 Å². The van der Waals surface area contributed by atoms with Crippen LogP contribution in [0.4, 0.5) is 11.8 Å². The van der Waals surface area contributed by atoms with Gasteiger partial charge in [-0.25, -0.2) is 0 Å². The van der Waals surface area contributed by atoms with Gasteiger partial charge in [0.1, 0.15) is 5.82 Å². The number of carbonyl (C=O) groups is 1. The fraction of sp³-hybridized carbons (Fsp3) is 0.526. The number of anilines is 2. The van der Waals surface area contributed by atoms with Gasteiger partial charge in [0.05, 0.1) is 10.4 Å². The Balaban J connectivity index is 1.55. The second-order valence-electron chi connectivity index (χ2n) is 7.20. The Morgan fingerprint density at radius 2 is 2.30 bits per heavy atom. The molecule has 0 unspecified atom stereocenters. The Bertz CT molecular complexity index is 860. The third kappa shape index (κ3) is 4.88. The van der Waals surface area contributed by atoms with Gasteiger partial charge in [-0.1, -0.05) is 13.3 Å². The largest absolute Gasteiger partial charge is 0.369 e. The number of hydrogen-bond donors (Lipinski definition) is 4. The van der Waals surface area contributed by atoms with Crippen LogP contribution in [0.1, 0.15) is 53.2 Å². The smallest absolute Gasteiger partial charge is 0.261 e. The standard InChI is InChI=1S/C19H27N5O2S/c1-3-4-11(2)22-18(26)15-8-7-13(27-15)6-5-12-9-14-16(21-10-12)23-19(20)24-17(14)25/h7-8,11-12H,3-6,9-10H2,1-2H3,(H,22,26)(H4,20,21,23,24,25)/t11-,12+/m0/s1. The second-order valence-corrected chi connectivity index (χ2v) is 8.37. The van der Waals surface area contributed by atoms with Crippen molar-refractivity contribution in [1.29, 1.82) is 0 Å². The minimum Gasteiger partial charge on any atom is -0.369 e. The third-order valence-electron chi connectivity index (χ3n) is 4.87. The molecule has 1 aliphatic rings. The number of nitrogens with zero attached hydrogens (tertiary/aromatic N) is 1. The van der Waals surface area contributed by atoms with Crippen LogP contribution < -0.4 is 21.9 Å². The van der Waals surface area contributed by atoms with Crippen molar-refractivity contribution in [3.63, 3.8) is 0 Å². The van der Waals surface area contributed by atoms with E-state index in [9.17, 15) is 9.59 Å². The van der Waals surface area contributed by atoms with Crippen LogP contribution in [0.3, 0.4) is 0 Å². The minimum absolute atomic E-state index is 0.00987. The van der Waals surface area contributed by atoms with Crippen LogP contribution in [-0.2, 0) is 12.8 Å². The summed E-state index contributed by atoms with van der Waals surface area (Å²) < 4.78 is 0. The molecule has 2 atom stereocenters. The molecule has 0 bridgehead atoms. The summed E-state index contributed by atoms with van der Waals surface area (Å²) in [6.45, 7) is 4.92. The zero-order valence-corrected chi connectivity index (χ0v) is 16.6. The number of fused-ring (bicyclic) bond motifs is 1. The van der Waals surface area contributed by atoms with Gasteiger partial charge in [-0.3, -0.25) is 14.6 Å². The fourth-order valence-corrected chi connectivity index (χ4v) is 4.36. The highest BCUT2D eigenvalue weighted by molar-refractivity contribution is 7.14. The van der Waals surface area contributed by atoms with Gasteiger partial charge in [0.2, 0.25) is 5.95 Å². The van der Waals surface area contributed by atoms with Gasteiger partial charge >= 0.3 is 0 Å². The number of thiophene rings is 1. The summed E-state index contributed by atoms with van der Waals surface area (Å²) >= 11 is 1.55. The summed E-state index contributed by atoms with van der Waals surface area (Å²) in [5.74, 6) is 1.11. The van der Waals surface area contributed by atoms with E-state index in [1.54, 1.807) is 11.3 Å². The monoisotopic (exact) mass is 389 g/mol. The van der Waals surface area contributed by atoms with E-state index in [0.29, 0.717) is 23.7 Å². The summed E-state index contributed by atoms with van der Waals surface area (Å²) in [5, 5.41) is 6.26. The van der Waals surface area contributed by atoms with Gasteiger partial charge in [-0.05, 0) is 50.7 Å². The van der Waals surface area contributed by atoms with Gasteiger partial charge in [0, 0.05) is 17.5 Å². The predicted molar refractivity (Wildman–Crippen MR) is 109 cm³/mol. The molecule has 2 aromatic heterocycles. The number of aromatic nitrogens is 2. The van der Waals surface area contributed by atoms with Crippen LogP contribution >= 0.6 is 11.3 Å². The molecule has 3 heterocycles. The Hall–Kier alpha value is -2.35. The molecular formula is C19H27N5O2S. The first-order valence-electron chi connectivity index (χ1n) is 9.48. The highest BCUT2D eigenvalue weighted by atomic mass is 32.1. The van der Waals surface area contributed by atoms with Crippen LogP contribution in [0, 0.1) is 5.92 Å². The van der Waals surface area contributed by atoms with Gasteiger partial charge in [-0.2, -0.15) is 4.98 Å². The van der Waals surface area contributed by atoms with Crippen molar-refractivity contribution in [2.24, 2.45) is 5.92 Å². The molecule has 0 saturated heterocycles. The molecule has 0 spiro atoms. The number of hydrogen-bond acceptors (Lipinski definition) is 6. The lowest BCUT2D eigenvalue weighted by Crippen LogP contribution is -2.31. The first kappa shape index (κ1) is 19.4. The zero-order valence-electron chi connectivity index (χ0n) is 15.8. The van der Waals surface area contributed by atoms with Crippen LogP contribution in [0.25, 0.3) is 0 Å². The van der Waals surface area contributed by atoms with E-state index in [1.807, 2.05) is 19.1 Å². The number of nitrogens with one attached hydrogen (secondary N) is 3. The summed E-state index contributed by atoms with van der Waals surface area (Å²) in [6.07, 6.45) is 4.58. The quantitative estimate of drug-likeness (QED) is 0.581. The van der Waals surface area contributed by atoms with Crippen LogP contribution in [0.5, 0.6) is 0 Å². The number of nitrogen functional groups attached to an aromatic ring is 1. The molecule has 0 radical (unpaired) electrons. The lowest BCUT2D eigenvalue weighted by Gasteiger charge is -2.24. The lowest BCUT2D eigenvalue weighted by atomic mass is 9.92. The number of amides is 1. The van der Waals surface area contributed by atoms with E-state index < -0.39 is 0 Å². The summed E-state index contributed by atoms with van der Waals surface area (Å²) in [7, 11) is 0. The SMILES string of the molecule is CCC[C@H](C)NC(=O)c1ccc(CC[C@H]2CNc3nc(N)[nH]c(=O)c3C2)s1. The van der Waals surface area contributed by atoms with Crippen LogP contribution in [0.15, 0.2) is 16.9 Å². The molecule has 0 aliphatic carbocycles. The average Bonchev–Trinajstić information content (AvgIpc) is 3.09. The van der Waals surface area contributed by atoms with Crippen molar-refractivity contribution < 1.29 is 4.79 Å². The van der Waals surface area contributed by atoms with E-state index in [2.05, 4.69) is 27.5 Å². The maximum absolute atomic E-state index is 12.3. The molecule has 146 valence electrons. The Morgan fingerprint density at radius 3 is 3.07 bits per heavy atom. The number of H-pyrrole nitrogens is 1. The third-order valence-corrected chi connectivity index (χ3v) is 6.01. The van der Waals surface area contributed by atoms with Gasteiger partial charge in [-0.15, -0.1) is 11.3 Å². The van der Waals surface area contributed by atoms with E-state index in [-0.39, 0.29) is 23.5 Å². The highest BCUT2D eigenvalue weighted by Crippen LogP contribution is 2.25. The first-order valence-corrected chi connectivity index (χ1v) is 10.3. The highest BCUT2D eigenvalue weighted by Gasteiger charge is 2.22. The molecule has 1 aliphatic heterocycles. The fourth-order valence-electron chi connectivity index (χ4n) is 3.44. The molecule has 2 aromatic rings. The van der Waals surface area contributed by atoms with E-state index in [0.717, 1.165) is 37.1 Å². The molecule has 5 N–H and O–H groups in total. The number of rotatable bonds is 7. The summed E-state index contributed by atoms with van der Waals surface area (Å²) in [5.41, 5.74) is 6.10. The lowest BCUT2D eigenvalue weighted by molar-refractivity contribution is 0.0942. The van der Waals surface area contributed by atoms with Gasteiger partial charge in [0.25, 0.3) is 11.5 Å². The van der Waals surface area contributed by atoms with E-state index in [4.69, 9.17) is 5.73 Å². The minimum atomic E-state index is -0.161. The zero-order chi connectivity index (χ0) is 19.4. The maximum Gasteiger partial charge on any atom is 0.261 e. The molecule has 0 aromatic carbocycles. The Labute approximate surface area is 162 Å². The molecule has 1 amide bonds. The molecule has 0 saturated carbocycles. The molecular weight excluding hydrogens is 362 g/mol. The summed E-state index contributed by atoms with van der Waals surface area (Å²) in [4.78, 5) is 33.0. The van der Waals surface area contributed by atoms with Crippen molar-refractivity contribution in [3.05, 3.63) is 37.8 Å². The normalized spacial score (nSPS) is 17.0. The molecule has 27 heavy (non-hydrogen) atoms. The predicted octanol–water partition coefficient (Wildman–Crippen LogP) is 2.55. The van der Waals surface area contributed by atoms with Gasteiger partial charge in [0.15, 0.2) is 0 Å². The molecule has 0 fully saturated rings. The van der Waals surface area contributed by atoms with Gasteiger partial charge < -0.3 is 16.4 Å². The maximum atomic E-state index is 12.3.